The molecule has 1 N–H and O–H groups in total. The first-order valence-corrected chi connectivity index (χ1v) is 6.04. The Balaban J connectivity index is 4.27. The van der Waals surface area contributed by atoms with Crippen LogP contribution < -0.4 is 5.32 Å². The van der Waals surface area contributed by atoms with Crippen molar-refractivity contribution in [1.29, 1.82) is 0 Å². The molecule has 0 heterocycles. The summed E-state index contributed by atoms with van der Waals surface area (Å²) < 4.78 is 5.00. The van der Waals surface area contributed by atoms with Crippen LogP contribution >= 0.6 is 0 Å². The molecule has 0 amide bonds. The van der Waals surface area contributed by atoms with E-state index in [0.29, 0.717) is 13.0 Å². The standard InChI is InChI=1S/C12H25NO2/c1-5-9-13-12(6-2,7-3)10-11(14)15-8-4/h13H,5-10H2,1-4H3. The van der Waals surface area contributed by atoms with E-state index in [4.69, 9.17) is 4.74 Å². The maximum Gasteiger partial charge on any atom is 0.307 e. The number of ether oxygens (including phenoxy) is 1. The molecule has 0 aromatic heterocycles. The van der Waals surface area contributed by atoms with Crippen LogP contribution in [0.25, 0.3) is 0 Å². The second-order valence-electron chi connectivity index (χ2n) is 3.90. The third-order valence-corrected chi connectivity index (χ3v) is 2.89. The van der Waals surface area contributed by atoms with Crippen LogP contribution in [0, 0.1) is 0 Å². The molecular weight excluding hydrogens is 190 g/mol. The number of carbonyl (C=O) groups is 1. The number of rotatable bonds is 8. The van der Waals surface area contributed by atoms with E-state index in [1.165, 1.54) is 0 Å². The van der Waals surface area contributed by atoms with E-state index < -0.39 is 0 Å². The Bertz CT molecular complexity index is 176. The quantitative estimate of drug-likeness (QED) is 0.632. The first-order valence-electron chi connectivity index (χ1n) is 6.04. The summed E-state index contributed by atoms with van der Waals surface area (Å²) >= 11 is 0. The number of nitrogens with one attached hydrogen (secondary N) is 1. The van der Waals surface area contributed by atoms with Crippen LogP contribution in [0.15, 0.2) is 0 Å². The lowest BCUT2D eigenvalue weighted by atomic mass is 9.89. The van der Waals surface area contributed by atoms with Gasteiger partial charge >= 0.3 is 5.97 Å². The van der Waals surface area contributed by atoms with Crippen LogP contribution in [-0.2, 0) is 9.53 Å². The van der Waals surface area contributed by atoms with Crippen LogP contribution in [0.5, 0.6) is 0 Å². The van der Waals surface area contributed by atoms with Crippen molar-refractivity contribution < 1.29 is 9.53 Å². The topological polar surface area (TPSA) is 38.3 Å². The normalized spacial score (nSPS) is 11.5. The Morgan fingerprint density at radius 3 is 2.20 bits per heavy atom. The molecule has 0 aromatic rings. The van der Waals surface area contributed by atoms with Crippen LogP contribution in [-0.4, -0.2) is 24.7 Å². The molecule has 0 saturated carbocycles. The molecule has 0 radical (unpaired) electrons. The highest BCUT2D eigenvalue weighted by Crippen LogP contribution is 2.20. The molecule has 0 atom stereocenters. The summed E-state index contributed by atoms with van der Waals surface area (Å²) in [6.07, 6.45) is 3.49. The maximum atomic E-state index is 11.5. The van der Waals surface area contributed by atoms with E-state index >= 15 is 0 Å². The second-order valence-corrected chi connectivity index (χ2v) is 3.90. The fraction of sp³-hybridized carbons (Fsp3) is 0.917. The smallest absolute Gasteiger partial charge is 0.307 e. The van der Waals surface area contributed by atoms with Crippen molar-refractivity contribution in [2.24, 2.45) is 0 Å². The monoisotopic (exact) mass is 215 g/mol. The van der Waals surface area contributed by atoms with Gasteiger partial charge < -0.3 is 10.1 Å². The molecule has 3 nitrogen and oxygen atoms in total. The van der Waals surface area contributed by atoms with Gasteiger partial charge in [0.15, 0.2) is 0 Å². The predicted octanol–water partition coefficient (Wildman–Crippen LogP) is 2.50. The highest BCUT2D eigenvalue weighted by molar-refractivity contribution is 5.70. The van der Waals surface area contributed by atoms with Gasteiger partial charge in [0.05, 0.1) is 13.0 Å². The molecule has 0 aromatic carbocycles. The third-order valence-electron chi connectivity index (χ3n) is 2.89. The molecule has 0 rings (SSSR count). The largest absolute Gasteiger partial charge is 0.466 e. The molecule has 0 unspecified atom stereocenters. The van der Waals surface area contributed by atoms with Gasteiger partial charge in [-0.1, -0.05) is 20.8 Å². The van der Waals surface area contributed by atoms with Crippen molar-refractivity contribution in [2.75, 3.05) is 13.2 Å². The molecule has 0 spiro atoms. The zero-order valence-electron chi connectivity index (χ0n) is 10.6. The maximum absolute atomic E-state index is 11.5. The van der Waals surface area contributed by atoms with Crippen molar-refractivity contribution in [3.05, 3.63) is 0 Å². The van der Waals surface area contributed by atoms with Crippen molar-refractivity contribution in [1.82, 2.24) is 5.32 Å². The SMILES string of the molecule is CCCNC(CC)(CC)CC(=O)OCC. The number of hydrogen-bond acceptors (Lipinski definition) is 3. The summed E-state index contributed by atoms with van der Waals surface area (Å²) in [5.41, 5.74) is -0.0672. The molecule has 0 saturated heterocycles. The van der Waals surface area contributed by atoms with E-state index in [0.717, 1.165) is 25.8 Å². The lowest BCUT2D eigenvalue weighted by molar-refractivity contribution is -0.145. The van der Waals surface area contributed by atoms with Crippen LogP contribution in [0.4, 0.5) is 0 Å². The summed E-state index contributed by atoms with van der Waals surface area (Å²) in [6.45, 7) is 9.64. The molecule has 15 heavy (non-hydrogen) atoms. The van der Waals surface area contributed by atoms with Crippen molar-refractivity contribution >= 4 is 5.97 Å². The van der Waals surface area contributed by atoms with Crippen molar-refractivity contribution in [3.63, 3.8) is 0 Å². The van der Waals surface area contributed by atoms with E-state index in [-0.39, 0.29) is 11.5 Å². The Labute approximate surface area is 93.6 Å². The molecule has 0 aliphatic heterocycles. The molecule has 0 fully saturated rings. The van der Waals surface area contributed by atoms with Gasteiger partial charge in [0.2, 0.25) is 0 Å². The van der Waals surface area contributed by atoms with Gasteiger partial charge in [0.1, 0.15) is 0 Å². The van der Waals surface area contributed by atoms with Gasteiger partial charge in [-0.2, -0.15) is 0 Å². The minimum absolute atomic E-state index is 0.0672. The summed E-state index contributed by atoms with van der Waals surface area (Å²) in [4.78, 5) is 11.5. The van der Waals surface area contributed by atoms with Crippen LogP contribution in [0.2, 0.25) is 0 Å². The van der Waals surface area contributed by atoms with Crippen molar-refractivity contribution in [2.45, 2.75) is 58.9 Å². The minimum atomic E-state index is -0.0928. The van der Waals surface area contributed by atoms with Crippen molar-refractivity contribution in [3.8, 4) is 0 Å². The van der Waals surface area contributed by atoms with Gasteiger partial charge in [0.25, 0.3) is 0 Å². The zero-order chi connectivity index (χ0) is 11.7. The Hall–Kier alpha value is -0.570. The van der Waals surface area contributed by atoms with E-state index in [9.17, 15) is 4.79 Å². The lowest BCUT2D eigenvalue weighted by Crippen LogP contribution is -2.46. The fourth-order valence-corrected chi connectivity index (χ4v) is 1.69. The molecule has 3 heteroatoms. The summed E-state index contributed by atoms with van der Waals surface area (Å²) in [5, 5.41) is 3.47. The molecule has 90 valence electrons. The lowest BCUT2D eigenvalue weighted by Gasteiger charge is -2.32. The predicted molar refractivity (Wildman–Crippen MR) is 62.9 cm³/mol. The number of carbonyl (C=O) groups excluding carboxylic acids is 1. The second kappa shape index (κ2) is 7.69. The Kier molecular flexibility index (Phi) is 7.39. The van der Waals surface area contributed by atoms with E-state index in [2.05, 4.69) is 26.1 Å². The zero-order valence-corrected chi connectivity index (χ0v) is 10.6. The van der Waals surface area contributed by atoms with Crippen LogP contribution in [0.3, 0.4) is 0 Å². The molecule has 0 aliphatic rings. The summed E-state index contributed by atoms with van der Waals surface area (Å²) in [7, 11) is 0. The third kappa shape index (κ3) is 5.17. The average molecular weight is 215 g/mol. The molecular formula is C12H25NO2. The number of hydrogen-bond donors (Lipinski definition) is 1. The highest BCUT2D eigenvalue weighted by atomic mass is 16.5. The molecule has 0 aliphatic carbocycles. The highest BCUT2D eigenvalue weighted by Gasteiger charge is 2.28. The van der Waals surface area contributed by atoms with Gasteiger partial charge in [-0.25, -0.2) is 0 Å². The van der Waals surface area contributed by atoms with E-state index in [1.54, 1.807) is 0 Å². The van der Waals surface area contributed by atoms with Gasteiger partial charge in [0, 0.05) is 5.54 Å². The summed E-state index contributed by atoms with van der Waals surface area (Å²) in [6, 6.07) is 0. The van der Waals surface area contributed by atoms with E-state index in [1.807, 2.05) is 6.92 Å². The average Bonchev–Trinajstić information content (AvgIpc) is 2.25. The Morgan fingerprint density at radius 1 is 1.20 bits per heavy atom. The minimum Gasteiger partial charge on any atom is -0.466 e. The fourth-order valence-electron chi connectivity index (χ4n) is 1.69. The first kappa shape index (κ1) is 14.4. The number of esters is 1. The van der Waals surface area contributed by atoms with Gasteiger partial charge in [-0.15, -0.1) is 0 Å². The Morgan fingerprint density at radius 2 is 1.80 bits per heavy atom. The molecule has 0 bridgehead atoms. The van der Waals surface area contributed by atoms with Crippen LogP contribution in [0.1, 0.15) is 53.4 Å². The summed E-state index contributed by atoms with van der Waals surface area (Å²) in [5.74, 6) is -0.0928. The van der Waals surface area contributed by atoms with Gasteiger partial charge in [-0.3, -0.25) is 4.79 Å². The first-order chi connectivity index (χ1) is 7.14. The van der Waals surface area contributed by atoms with Gasteiger partial charge in [-0.05, 0) is 32.7 Å².